The summed E-state index contributed by atoms with van der Waals surface area (Å²) < 4.78 is 20.8. The number of aldehydes is 1. The second-order valence-corrected chi connectivity index (χ2v) is 5.15. The molecule has 0 unspecified atom stereocenters. The number of ketones is 1. The van der Waals surface area contributed by atoms with Gasteiger partial charge < -0.3 is 23.7 Å². The normalized spacial score (nSPS) is 9.81. The molecule has 2 aromatic carbocycles. The third-order valence-corrected chi connectivity index (χ3v) is 3.47. The maximum Gasteiger partial charge on any atom is 0.186 e. The summed E-state index contributed by atoms with van der Waals surface area (Å²) in [6.45, 7) is 1.44. The lowest BCUT2D eigenvalue weighted by molar-refractivity contribution is -0.106. The average Bonchev–Trinajstić information content (AvgIpc) is 2.71. The topological polar surface area (TPSA) is 71.1 Å². The van der Waals surface area contributed by atoms with Gasteiger partial charge in [-0.2, -0.15) is 0 Å². The maximum atomic E-state index is 12.4. The van der Waals surface area contributed by atoms with Crippen molar-refractivity contribution < 1.29 is 28.5 Å². The Hall–Kier alpha value is -3.28. The molecule has 2 rings (SSSR count). The van der Waals surface area contributed by atoms with Gasteiger partial charge in [-0.05, 0) is 42.8 Å². The molecule has 0 aliphatic rings. The highest BCUT2D eigenvalue weighted by molar-refractivity contribution is 6.07. The van der Waals surface area contributed by atoms with Crippen LogP contribution in [0.5, 0.6) is 23.0 Å². The summed E-state index contributed by atoms with van der Waals surface area (Å²) in [5.74, 6) is 2.23. The van der Waals surface area contributed by atoms with E-state index in [1.54, 1.807) is 64.8 Å². The van der Waals surface area contributed by atoms with Crippen LogP contribution in [0.4, 0.5) is 0 Å². The van der Waals surface area contributed by atoms with E-state index in [1.807, 2.05) is 6.07 Å². The van der Waals surface area contributed by atoms with Crippen molar-refractivity contribution in [1.82, 2.24) is 0 Å². The first-order valence-electron chi connectivity index (χ1n) is 8.10. The van der Waals surface area contributed by atoms with Gasteiger partial charge in [0.2, 0.25) is 0 Å². The Kier molecular flexibility index (Phi) is 9.15. The van der Waals surface area contributed by atoms with Crippen LogP contribution in [-0.4, -0.2) is 40.5 Å². The van der Waals surface area contributed by atoms with Gasteiger partial charge in [0, 0.05) is 11.6 Å². The SMILES string of the molecule is CC=O.COc1cc(OC)cc(C(=O)/C=C/c2ccc(OC)c(OC)c2)c1. The summed E-state index contributed by atoms with van der Waals surface area (Å²) in [4.78, 5) is 21.2. The van der Waals surface area contributed by atoms with E-state index in [2.05, 4.69) is 0 Å². The Bertz CT molecular complexity index is 773. The molecule has 0 atom stereocenters. The zero-order chi connectivity index (χ0) is 20.2. The van der Waals surface area contributed by atoms with Crippen LogP contribution in [0.3, 0.4) is 0 Å². The molecule has 0 bridgehead atoms. The van der Waals surface area contributed by atoms with Gasteiger partial charge >= 0.3 is 0 Å². The molecule has 0 N–H and O–H groups in total. The van der Waals surface area contributed by atoms with Crippen LogP contribution in [-0.2, 0) is 4.79 Å². The Morgan fingerprint density at radius 1 is 0.815 bits per heavy atom. The second kappa shape index (κ2) is 11.4. The van der Waals surface area contributed by atoms with Crippen molar-refractivity contribution in [3.8, 4) is 23.0 Å². The van der Waals surface area contributed by atoms with Gasteiger partial charge in [-0.1, -0.05) is 12.1 Å². The third kappa shape index (κ3) is 6.51. The van der Waals surface area contributed by atoms with Gasteiger partial charge in [0.15, 0.2) is 17.3 Å². The minimum absolute atomic E-state index is 0.151. The van der Waals surface area contributed by atoms with Gasteiger partial charge in [-0.25, -0.2) is 0 Å². The molecule has 144 valence electrons. The highest BCUT2D eigenvalue weighted by Gasteiger charge is 2.08. The molecule has 0 fully saturated rings. The van der Waals surface area contributed by atoms with E-state index in [-0.39, 0.29) is 5.78 Å². The van der Waals surface area contributed by atoms with Gasteiger partial charge in [0.25, 0.3) is 0 Å². The van der Waals surface area contributed by atoms with Crippen molar-refractivity contribution in [2.75, 3.05) is 28.4 Å². The molecular weight excluding hydrogens is 348 g/mol. The lowest BCUT2D eigenvalue weighted by Crippen LogP contribution is -1.97. The summed E-state index contributed by atoms with van der Waals surface area (Å²) in [7, 11) is 6.23. The number of ether oxygens (including phenoxy) is 4. The van der Waals surface area contributed by atoms with Crippen molar-refractivity contribution in [1.29, 1.82) is 0 Å². The molecule has 27 heavy (non-hydrogen) atoms. The predicted octanol–water partition coefficient (Wildman–Crippen LogP) is 3.82. The Labute approximate surface area is 159 Å². The van der Waals surface area contributed by atoms with Crippen molar-refractivity contribution in [2.45, 2.75) is 6.92 Å². The minimum Gasteiger partial charge on any atom is -0.497 e. The molecule has 0 spiro atoms. The van der Waals surface area contributed by atoms with E-state index in [0.717, 1.165) is 11.8 Å². The highest BCUT2D eigenvalue weighted by Crippen LogP contribution is 2.28. The van der Waals surface area contributed by atoms with Crippen molar-refractivity contribution in [3.05, 3.63) is 53.6 Å². The lowest BCUT2D eigenvalue weighted by Gasteiger charge is -2.08. The first-order chi connectivity index (χ1) is 13.0. The van der Waals surface area contributed by atoms with Crippen LogP contribution < -0.4 is 18.9 Å². The lowest BCUT2D eigenvalue weighted by atomic mass is 10.1. The number of hydrogen-bond donors (Lipinski definition) is 0. The van der Waals surface area contributed by atoms with E-state index in [0.29, 0.717) is 28.6 Å². The standard InChI is InChI=1S/C19H20O5.C2H4O/c1-21-15-10-14(11-16(12-15)22-2)17(20)7-5-13-6-8-18(23-3)19(9-13)24-4;1-2-3/h5-12H,1-4H3;2H,1H3/b7-5+;. The summed E-state index contributed by atoms with van der Waals surface area (Å²) in [5, 5.41) is 0. The number of methoxy groups -OCH3 is 4. The second-order valence-electron chi connectivity index (χ2n) is 5.15. The molecule has 6 heteroatoms. The van der Waals surface area contributed by atoms with Crippen LogP contribution in [0, 0.1) is 0 Å². The van der Waals surface area contributed by atoms with Crippen LogP contribution in [0.2, 0.25) is 0 Å². The molecule has 0 saturated heterocycles. The molecule has 0 saturated carbocycles. The molecule has 0 heterocycles. The quantitative estimate of drug-likeness (QED) is 0.418. The van der Waals surface area contributed by atoms with Crippen LogP contribution in [0.15, 0.2) is 42.5 Å². The zero-order valence-corrected chi connectivity index (χ0v) is 16.1. The van der Waals surface area contributed by atoms with Gasteiger partial charge in [0.05, 0.1) is 28.4 Å². The van der Waals surface area contributed by atoms with Crippen molar-refractivity contribution >= 4 is 18.1 Å². The molecule has 0 aromatic heterocycles. The first kappa shape index (κ1) is 21.8. The van der Waals surface area contributed by atoms with Gasteiger partial charge in [-0.15, -0.1) is 0 Å². The van der Waals surface area contributed by atoms with E-state index in [4.69, 9.17) is 23.7 Å². The Morgan fingerprint density at radius 3 is 1.85 bits per heavy atom. The van der Waals surface area contributed by atoms with Gasteiger partial charge in [-0.3, -0.25) is 4.79 Å². The van der Waals surface area contributed by atoms with Crippen LogP contribution in [0.25, 0.3) is 6.08 Å². The fraction of sp³-hybridized carbons (Fsp3) is 0.238. The largest absolute Gasteiger partial charge is 0.497 e. The Morgan fingerprint density at radius 2 is 1.37 bits per heavy atom. The molecule has 0 radical (unpaired) electrons. The average molecular weight is 372 g/mol. The molecule has 2 aromatic rings. The van der Waals surface area contributed by atoms with E-state index in [1.165, 1.54) is 13.0 Å². The van der Waals surface area contributed by atoms with E-state index < -0.39 is 0 Å². The summed E-state index contributed by atoms with van der Waals surface area (Å²) in [6.07, 6.45) is 3.96. The molecule has 0 amide bonds. The molecular formula is C21H24O6. The monoisotopic (exact) mass is 372 g/mol. The van der Waals surface area contributed by atoms with Crippen LogP contribution in [0.1, 0.15) is 22.8 Å². The first-order valence-corrected chi connectivity index (χ1v) is 8.10. The van der Waals surface area contributed by atoms with Crippen molar-refractivity contribution in [2.24, 2.45) is 0 Å². The number of rotatable bonds is 7. The van der Waals surface area contributed by atoms with Crippen molar-refractivity contribution in [3.63, 3.8) is 0 Å². The molecule has 6 nitrogen and oxygen atoms in total. The predicted molar refractivity (Wildman–Crippen MR) is 104 cm³/mol. The zero-order valence-electron chi connectivity index (χ0n) is 16.1. The summed E-state index contributed by atoms with van der Waals surface area (Å²) in [6, 6.07) is 10.5. The van der Waals surface area contributed by atoms with Crippen LogP contribution >= 0.6 is 0 Å². The molecule has 0 aliphatic carbocycles. The Balaban J connectivity index is 0.00000114. The number of benzene rings is 2. The molecule has 0 aliphatic heterocycles. The highest BCUT2D eigenvalue weighted by atomic mass is 16.5. The third-order valence-electron chi connectivity index (χ3n) is 3.47. The summed E-state index contributed by atoms with van der Waals surface area (Å²) in [5.41, 5.74) is 1.32. The summed E-state index contributed by atoms with van der Waals surface area (Å²) >= 11 is 0. The smallest absolute Gasteiger partial charge is 0.186 e. The minimum atomic E-state index is -0.151. The fourth-order valence-electron chi connectivity index (χ4n) is 2.17. The number of carbonyl (C=O) groups excluding carboxylic acids is 2. The van der Waals surface area contributed by atoms with E-state index in [9.17, 15) is 4.79 Å². The van der Waals surface area contributed by atoms with E-state index >= 15 is 0 Å². The van der Waals surface area contributed by atoms with Gasteiger partial charge in [0.1, 0.15) is 17.8 Å². The fourth-order valence-corrected chi connectivity index (χ4v) is 2.17. The maximum absolute atomic E-state index is 12.4. The number of hydrogen-bond acceptors (Lipinski definition) is 6. The number of carbonyl (C=O) groups is 2. The number of allylic oxidation sites excluding steroid dienone is 1.